The Morgan fingerprint density at radius 2 is 0.573 bits per heavy atom. The first-order chi connectivity index (χ1) is 37.2. The second-order valence-electron chi connectivity index (χ2n) is 27.1. The maximum atomic E-state index is 13.5. The molecule has 1 heterocycles. The molecule has 1 saturated heterocycles. The fraction of sp³-hybridized carbons (Fsp3) is 0.0972. The number of rotatable bonds is 3. The van der Waals surface area contributed by atoms with Gasteiger partial charge in [0.05, 0.1) is 23.0 Å². The first kappa shape index (κ1) is 29.1. The van der Waals surface area contributed by atoms with Crippen LogP contribution in [0, 0.1) is 0 Å². The molecule has 5 aliphatic rings. The van der Waals surface area contributed by atoms with Crippen molar-refractivity contribution in [3.8, 4) is 0 Å². The van der Waals surface area contributed by atoms with Gasteiger partial charge in [0.25, 0.3) is 0 Å². The molecule has 0 saturated carbocycles. The molecule has 34 rings (SSSR count). The summed E-state index contributed by atoms with van der Waals surface area (Å²) in [5.41, 5.74) is 8.05. The van der Waals surface area contributed by atoms with Crippen LogP contribution in [-0.4, -0.2) is 31.1 Å². The first-order valence-electron chi connectivity index (χ1n) is 27.9. The molecule has 3 nitrogen and oxygen atoms in total. The summed E-state index contributed by atoms with van der Waals surface area (Å²) in [6, 6.07) is 8.97. The van der Waals surface area contributed by atoms with E-state index >= 15 is 0 Å². The van der Waals surface area contributed by atoms with Gasteiger partial charge < -0.3 is 4.74 Å². The lowest BCUT2D eigenvalue weighted by atomic mass is 9.47. The van der Waals surface area contributed by atoms with Crippen LogP contribution >= 0.6 is 0 Å². The van der Waals surface area contributed by atoms with E-state index in [1.807, 2.05) is 6.92 Å². The van der Waals surface area contributed by atoms with Gasteiger partial charge in [-0.2, -0.15) is 0 Å². The minimum atomic E-state index is -0.418. The van der Waals surface area contributed by atoms with E-state index in [0.717, 1.165) is 6.54 Å². The van der Waals surface area contributed by atoms with Crippen LogP contribution in [0.25, 0.3) is 291 Å². The van der Waals surface area contributed by atoms with Crippen LogP contribution in [0.2, 0.25) is 0 Å². The van der Waals surface area contributed by atoms with E-state index < -0.39 is 5.41 Å². The molecule has 2 spiro atoms. The molecular formula is C72H15NO2. The molecule has 0 bridgehead atoms. The Morgan fingerprint density at radius 3 is 0.800 bits per heavy atom. The topological polar surface area (TPSA) is 29.5 Å². The lowest BCUT2D eigenvalue weighted by Gasteiger charge is -2.52. The van der Waals surface area contributed by atoms with Crippen LogP contribution in [0.4, 0.5) is 0 Å². The molecule has 4 aliphatic carbocycles. The third-order valence-electron chi connectivity index (χ3n) is 26.6. The number of likely N-dealkylation sites (N-methyl/N-ethyl adjacent to an activating group) is 1. The van der Waals surface area contributed by atoms with E-state index in [9.17, 15) is 4.79 Å². The SMILES string of the molecule is CCOC(=O)c1ccc(C2N(C)CC34c5c6c7c8c9c%10c(c%11c%12c3c3c5c5c%13c6c6c7c7c9c9c%14c%10c%10c%11c%11c%12c%12c3c3c5c5c%13c%13c6c6c7c9c7c9c%14c%10c%10c%11c%11c%12c3c3c5c5c%13c6c7c6c9c%10c%11c3c56)C824)cc1. The quantitative estimate of drug-likeness (QED) is 0.131. The van der Waals surface area contributed by atoms with E-state index in [1.54, 1.807) is 313 Å². The van der Waals surface area contributed by atoms with Crippen LogP contribution in [0.1, 0.15) is 51.1 Å². The minimum Gasteiger partial charge on any atom is -0.462 e. The van der Waals surface area contributed by atoms with E-state index in [-0.39, 0.29) is 17.4 Å². The van der Waals surface area contributed by atoms with Crippen molar-refractivity contribution in [3.63, 3.8) is 0 Å². The standard InChI is InChI=1S/C72H15NO2/c1-3-75-70(74)10-6-4-9(5-7-10)69-72-67-61-55-45-33-25-17-13-11-12-15-19(17)27(33)37-31-23(15)24-16(12)20-18-14(11)22-21(13)29-35(25)43-49-39(29)40-30(22)36-26(18)34-28(20)38-32(24)42-41(31)53(47(37)55)63(67)64-54(42)48(38)56-46(34)52-44(36)50(40)58-57(49)65(59(61)51(43)45)71(72,8-73(69)2)66(58)60(52)62(56)68(64)72/h4-7,69H,3,8H2,1-2H3. The van der Waals surface area contributed by atoms with Gasteiger partial charge in [-0.1, -0.05) is 12.1 Å². The monoisotopic (exact) mass is 925 g/mol. The van der Waals surface area contributed by atoms with Crippen molar-refractivity contribution in [2.75, 3.05) is 20.2 Å². The number of carbonyl (C=O) groups is 1. The summed E-state index contributed by atoms with van der Waals surface area (Å²) >= 11 is 0. The van der Waals surface area contributed by atoms with Crippen molar-refractivity contribution < 1.29 is 9.53 Å². The molecule has 320 valence electrons. The zero-order chi connectivity index (χ0) is 45.3. The second-order valence-corrected chi connectivity index (χ2v) is 27.1. The van der Waals surface area contributed by atoms with Gasteiger partial charge in [-0.3, -0.25) is 4.90 Å². The highest BCUT2D eigenvalue weighted by Gasteiger charge is 2.75. The zero-order valence-corrected chi connectivity index (χ0v) is 39.1. The second kappa shape index (κ2) is 6.75. The number of benzene rings is 19. The molecule has 29 aromatic rings. The maximum absolute atomic E-state index is 13.5. The summed E-state index contributed by atoms with van der Waals surface area (Å²) in [5.74, 6) is -0.228. The number of hydrogen-bond acceptors (Lipinski definition) is 3. The molecule has 75 heavy (non-hydrogen) atoms. The molecule has 1 fully saturated rings. The molecule has 1 atom stereocenters. The highest BCUT2D eigenvalue weighted by atomic mass is 16.5. The largest absolute Gasteiger partial charge is 0.462 e. The first-order valence-corrected chi connectivity index (χ1v) is 27.9. The van der Waals surface area contributed by atoms with Gasteiger partial charge in [-0.15, -0.1) is 0 Å². The van der Waals surface area contributed by atoms with Crippen molar-refractivity contribution in [1.82, 2.24) is 4.90 Å². The lowest BCUT2D eigenvalue weighted by Crippen LogP contribution is -2.51. The number of hydrogen-bond donors (Lipinski definition) is 0. The average molecular weight is 926 g/mol. The fourth-order valence-corrected chi connectivity index (χ4v) is 26.6. The molecule has 0 amide bonds. The predicted molar refractivity (Wildman–Crippen MR) is 312 cm³/mol. The Labute approximate surface area is 410 Å². The molecule has 0 radical (unpaired) electrons. The molecule has 1 unspecified atom stereocenters. The molecule has 0 N–H and O–H groups in total. The zero-order valence-electron chi connectivity index (χ0n) is 39.1. The van der Waals surface area contributed by atoms with Crippen LogP contribution in [-0.2, 0) is 15.6 Å². The fourth-order valence-electron chi connectivity index (χ4n) is 26.6. The van der Waals surface area contributed by atoms with Crippen molar-refractivity contribution >= 4 is 297 Å². The summed E-state index contributed by atoms with van der Waals surface area (Å²) in [7, 11) is 2.51. The summed E-state index contributed by atoms with van der Waals surface area (Å²) in [6.45, 7) is 3.26. The molecule has 0 aromatic heterocycles. The third-order valence-corrected chi connectivity index (χ3v) is 26.6. The molecular weight excluding hydrogens is 911 g/mol. The van der Waals surface area contributed by atoms with Gasteiger partial charge >= 0.3 is 5.97 Å². The average Bonchev–Trinajstić information content (AvgIpc) is 4.03. The van der Waals surface area contributed by atoms with Crippen LogP contribution in [0.15, 0.2) is 24.3 Å². The molecule has 29 aromatic carbocycles. The van der Waals surface area contributed by atoms with E-state index in [1.165, 1.54) is 5.56 Å². The van der Waals surface area contributed by atoms with Gasteiger partial charge in [-0.05, 0) is 345 Å². The van der Waals surface area contributed by atoms with Gasteiger partial charge in [0.2, 0.25) is 0 Å². The third kappa shape index (κ3) is 1.62. The normalized spacial score (nSPS) is 23.0. The van der Waals surface area contributed by atoms with Gasteiger partial charge in [0.15, 0.2) is 0 Å². The van der Waals surface area contributed by atoms with Gasteiger partial charge in [0, 0.05) is 12.6 Å². The Morgan fingerprint density at radius 1 is 0.360 bits per heavy atom. The summed E-state index contributed by atoms with van der Waals surface area (Å²) < 4.78 is 5.67. The van der Waals surface area contributed by atoms with E-state index in [4.69, 9.17) is 4.74 Å². The Hall–Kier alpha value is -8.89. The molecule has 3 heteroatoms. The Balaban J connectivity index is 1.08. The highest BCUT2D eigenvalue weighted by Crippen LogP contribution is 2.87. The van der Waals surface area contributed by atoms with E-state index in [0.29, 0.717) is 12.2 Å². The number of likely N-dealkylation sites (tertiary alicyclic amines) is 1. The van der Waals surface area contributed by atoms with Crippen molar-refractivity contribution in [2.45, 2.75) is 23.8 Å². The Bertz CT molecular complexity index is 7400. The number of esters is 1. The van der Waals surface area contributed by atoms with Crippen molar-refractivity contribution in [3.05, 3.63) is 57.6 Å². The van der Waals surface area contributed by atoms with Crippen molar-refractivity contribution in [1.29, 1.82) is 0 Å². The summed E-state index contributed by atoms with van der Waals surface area (Å²) in [4.78, 5) is 16.4. The van der Waals surface area contributed by atoms with Crippen molar-refractivity contribution in [2.24, 2.45) is 0 Å². The Kier molecular flexibility index (Phi) is 2.62. The van der Waals surface area contributed by atoms with Gasteiger partial charge in [0.1, 0.15) is 0 Å². The lowest BCUT2D eigenvalue weighted by molar-refractivity contribution is 0.0526. The number of nitrogens with zero attached hydrogens (tertiary/aromatic N) is 1. The van der Waals surface area contributed by atoms with Crippen LogP contribution < -0.4 is 0 Å². The smallest absolute Gasteiger partial charge is 0.338 e. The summed E-state index contributed by atoms with van der Waals surface area (Å²) in [6.07, 6.45) is 0. The van der Waals surface area contributed by atoms with Crippen LogP contribution in [0.5, 0.6) is 0 Å². The van der Waals surface area contributed by atoms with Gasteiger partial charge in [-0.25, -0.2) is 4.79 Å². The minimum absolute atomic E-state index is 0.0319. The highest BCUT2D eigenvalue weighted by molar-refractivity contribution is 6.82. The molecule has 1 aliphatic heterocycles. The maximum Gasteiger partial charge on any atom is 0.338 e. The van der Waals surface area contributed by atoms with Crippen LogP contribution in [0.3, 0.4) is 0 Å². The number of carbonyl (C=O) groups excluding carboxylic acids is 1. The summed E-state index contributed by atoms with van der Waals surface area (Å²) in [5, 5.41) is 88.4. The van der Waals surface area contributed by atoms with E-state index in [2.05, 4.69) is 36.2 Å². The number of ether oxygens (including phenoxy) is 1. The predicted octanol–water partition coefficient (Wildman–Crippen LogP) is 18.2.